The number of ether oxygens (including phenoxy) is 2. The lowest BCUT2D eigenvalue weighted by molar-refractivity contribution is -0.124. The number of benzene rings is 2. The fourth-order valence-corrected chi connectivity index (χ4v) is 3.54. The highest BCUT2D eigenvalue weighted by Crippen LogP contribution is 2.37. The number of nitrogens with zero attached hydrogens (tertiary/aromatic N) is 2. The maximum absolute atomic E-state index is 13.0. The zero-order chi connectivity index (χ0) is 18.9. The number of amides is 1. The van der Waals surface area contributed by atoms with Gasteiger partial charge in [0.25, 0.3) is 5.91 Å². The summed E-state index contributed by atoms with van der Waals surface area (Å²) in [6.45, 7) is 0.821. The quantitative estimate of drug-likeness (QED) is 0.824. The van der Waals surface area contributed by atoms with E-state index in [1.165, 1.54) is 0 Å². The van der Waals surface area contributed by atoms with Gasteiger partial charge >= 0.3 is 0 Å². The SMILES string of the molecule is CN1C(=O)[C@@]2(COC(c3ccc(OCCCO)cc3)=N2)Cc2ccccc21. The van der Waals surface area contributed by atoms with Gasteiger partial charge < -0.3 is 19.5 Å². The molecular formula is C21H22N2O4. The third-order valence-electron chi connectivity index (χ3n) is 4.97. The molecule has 6 nitrogen and oxygen atoms in total. The second-order valence-corrected chi connectivity index (χ2v) is 6.86. The Morgan fingerprint density at radius 2 is 2.00 bits per heavy atom. The van der Waals surface area contributed by atoms with Gasteiger partial charge in [-0.1, -0.05) is 18.2 Å². The molecule has 0 unspecified atom stereocenters. The van der Waals surface area contributed by atoms with Gasteiger partial charge in [-0.25, -0.2) is 4.99 Å². The van der Waals surface area contributed by atoms with E-state index in [9.17, 15) is 4.79 Å². The van der Waals surface area contributed by atoms with Crippen LogP contribution in [0, 0.1) is 0 Å². The number of hydrogen-bond acceptors (Lipinski definition) is 5. The maximum atomic E-state index is 13.0. The molecule has 27 heavy (non-hydrogen) atoms. The molecule has 2 aromatic carbocycles. The van der Waals surface area contributed by atoms with Crippen LogP contribution in [0.3, 0.4) is 0 Å². The van der Waals surface area contributed by atoms with Crippen molar-refractivity contribution < 1.29 is 19.4 Å². The van der Waals surface area contributed by atoms with E-state index in [0.717, 1.165) is 22.6 Å². The summed E-state index contributed by atoms with van der Waals surface area (Å²) >= 11 is 0. The monoisotopic (exact) mass is 366 g/mol. The van der Waals surface area contributed by atoms with Crippen LogP contribution in [-0.4, -0.2) is 49.3 Å². The van der Waals surface area contributed by atoms with E-state index in [1.54, 1.807) is 11.9 Å². The van der Waals surface area contributed by atoms with Crippen molar-refractivity contribution in [3.8, 4) is 5.75 Å². The van der Waals surface area contributed by atoms with Crippen molar-refractivity contribution >= 4 is 17.5 Å². The first-order valence-corrected chi connectivity index (χ1v) is 9.06. The Morgan fingerprint density at radius 1 is 1.22 bits per heavy atom. The van der Waals surface area contributed by atoms with Crippen LogP contribution >= 0.6 is 0 Å². The predicted molar refractivity (Wildman–Crippen MR) is 102 cm³/mol. The highest BCUT2D eigenvalue weighted by molar-refractivity contribution is 6.07. The van der Waals surface area contributed by atoms with Crippen LogP contribution in [0.2, 0.25) is 0 Å². The van der Waals surface area contributed by atoms with E-state index >= 15 is 0 Å². The summed E-state index contributed by atoms with van der Waals surface area (Å²) in [4.78, 5) is 19.4. The fraction of sp³-hybridized carbons (Fsp3) is 0.333. The van der Waals surface area contributed by atoms with Gasteiger partial charge in [-0.2, -0.15) is 0 Å². The number of carbonyl (C=O) groups is 1. The van der Waals surface area contributed by atoms with Crippen molar-refractivity contribution in [2.75, 3.05) is 31.8 Å². The number of carbonyl (C=O) groups excluding carboxylic acids is 1. The minimum absolute atomic E-state index is 0.0415. The number of fused-ring (bicyclic) bond motifs is 1. The summed E-state index contributed by atoms with van der Waals surface area (Å²) in [5.41, 5.74) is 1.95. The smallest absolute Gasteiger partial charge is 0.258 e. The average Bonchev–Trinajstić information content (AvgIpc) is 3.12. The Bertz CT molecular complexity index is 878. The van der Waals surface area contributed by atoms with Gasteiger partial charge in [-0.3, -0.25) is 4.79 Å². The summed E-state index contributed by atoms with van der Waals surface area (Å²) in [5.74, 6) is 1.17. The molecule has 0 saturated carbocycles. The molecule has 1 amide bonds. The third kappa shape index (κ3) is 3.17. The van der Waals surface area contributed by atoms with Crippen molar-refractivity contribution in [3.05, 3.63) is 59.7 Å². The molecule has 1 spiro atoms. The molecule has 1 N–H and O–H groups in total. The molecule has 140 valence electrons. The highest BCUT2D eigenvalue weighted by Gasteiger charge is 2.49. The van der Waals surface area contributed by atoms with Crippen LogP contribution in [0.4, 0.5) is 5.69 Å². The van der Waals surface area contributed by atoms with Crippen LogP contribution in [0.15, 0.2) is 53.5 Å². The molecule has 2 aliphatic rings. The number of aliphatic hydroxyl groups is 1. The number of anilines is 1. The van der Waals surface area contributed by atoms with Gasteiger partial charge in [-0.05, 0) is 35.9 Å². The van der Waals surface area contributed by atoms with Gasteiger partial charge in [0.1, 0.15) is 12.4 Å². The van der Waals surface area contributed by atoms with E-state index in [0.29, 0.717) is 25.3 Å². The topological polar surface area (TPSA) is 71.4 Å². The molecular weight excluding hydrogens is 344 g/mol. The van der Waals surface area contributed by atoms with Crippen LogP contribution in [0.1, 0.15) is 17.5 Å². The number of hydrogen-bond donors (Lipinski definition) is 1. The minimum Gasteiger partial charge on any atom is -0.494 e. The van der Waals surface area contributed by atoms with E-state index < -0.39 is 5.54 Å². The number of para-hydroxylation sites is 1. The Labute approximate surface area is 158 Å². The summed E-state index contributed by atoms with van der Waals surface area (Å²) in [6, 6.07) is 15.3. The van der Waals surface area contributed by atoms with E-state index in [4.69, 9.17) is 19.6 Å². The van der Waals surface area contributed by atoms with Crippen LogP contribution < -0.4 is 9.64 Å². The second kappa shape index (κ2) is 7.04. The van der Waals surface area contributed by atoms with Gasteiger partial charge in [0.15, 0.2) is 5.54 Å². The minimum atomic E-state index is -0.894. The number of likely N-dealkylation sites (N-methyl/N-ethyl adjacent to an activating group) is 1. The molecule has 2 aromatic rings. The lowest BCUT2D eigenvalue weighted by atomic mass is 9.86. The average molecular weight is 366 g/mol. The van der Waals surface area contributed by atoms with Gasteiger partial charge in [0.05, 0.1) is 6.61 Å². The lowest BCUT2D eigenvalue weighted by Gasteiger charge is -2.35. The molecule has 2 heterocycles. The fourth-order valence-electron chi connectivity index (χ4n) is 3.54. The summed E-state index contributed by atoms with van der Waals surface area (Å²) < 4.78 is 11.4. The van der Waals surface area contributed by atoms with Gasteiger partial charge in [0, 0.05) is 37.7 Å². The molecule has 0 radical (unpaired) electrons. The molecule has 2 aliphatic heterocycles. The zero-order valence-electron chi connectivity index (χ0n) is 15.2. The predicted octanol–water partition coefficient (Wildman–Crippen LogP) is 2.18. The molecule has 0 bridgehead atoms. The highest BCUT2D eigenvalue weighted by atomic mass is 16.5. The van der Waals surface area contributed by atoms with Crippen LogP contribution in [0.5, 0.6) is 5.75 Å². The Hall–Kier alpha value is -2.86. The summed E-state index contributed by atoms with van der Waals surface area (Å²) in [7, 11) is 1.79. The zero-order valence-corrected chi connectivity index (χ0v) is 15.2. The molecule has 0 fully saturated rings. The van der Waals surface area contributed by atoms with Crippen molar-refractivity contribution in [1.29, 1.82) is 0 Å². The first-order valence-electron chi connectivity index (χ1n) is 9.06. The van der Waals surface area contributed by atoms with Gasteiger partial charge in [0.2, 0.25) is 5.90 Å². The molecule has 1 atom stereocenters. The van der Waals surface area contributed by atoms with Gasteiger partial charge in [-0.15, -0.1) is 0 Å². The van der Waals surface area contributed by atoms with E-state index in [-0.39, 0.29) is 19.1 Å². The van der Waals surface area contributed by atoms with Crippen molar-refractivity contribution in [2.45, 2.75) is 18.4 Å². The molecule has 6 heteroatoms. The van der Waals surface area contributed by atoms with Crippen molar-refractivity contribution in [3.63, 3.8) is 0 Å². The molecule has 4 rings (SSSR count). The Morgan fingerprint density at radius 3 is 2.78 bits per heavy atom. The normalized spacial score (nSPS) is 21.0. The molecule has 0 aromatic heterocycles. The van der Waals surface area contributed by atoms with E-state index in [2.05, 4.69) is 0 Å². The molecule has 0 aliphatic carbocycles. The number of rotatable bonds is 5. The number of aliphatic hydroxyl groups excluding tert-OH is 1. The molecule has 0 saturated heterocycles. The summed E-state index contributed by atoms with van der Waals surface area (Å²) in [5, 5.41) is 8.81. The Kier molecular flexibility index (Phi) is 4.58. The standard InChI is InChI=1S/C21H22N2O4/c1-23-18-6-3-2-5-16(18)13-21(20(23)25)14-27-19(22-21)15-7-9-17(10-8-15)26-12-4-11-24/h2-3,5-10,24H,4,11-14H2,1H3/t21-/m0/s1. The Balaban J connectivity index is 1.57. The van der Waals surface area contributed by atoms with Crippen LogP contribution in [0.25, 0.3) is 0 Å². The number of aliphatic imine (C=N–C) groups is 1. The first-order chi connectivity index (χ1) is 13.1. The first kappa shape index (κ1) is 17.5. The lowest BCUT2D eigenvalue weighted by Crippen LogP contribution is -2.52. The van der Waals surface area contributed by atoms with E-state index in [1.807, 2.05) is 48.5 Å². The van der Waals surface area contributed by atoms with Crippen molar-refractivity contribution in [2.24, 2.45) is 4.99 Å². The van der Waals surface area contributed by atoms with Crippen molar-refractivity contribution in [1.82, 2.24) is 0 Å². The van der Waals surface area contributed by atoms with Crippen LogP contribution in [-0.2, 0) is 16.0 Å². The summed E-state index contributed by atoms with van der Waals surface area (Å²) in [6.07, 6.45) is 1.13. The third-order valence-corrected chi connectivity index (χ3v) is 4.97. The largest absolute Gasteiger partial charge is 0.494 e. The maximum Gasteiger partial charge on any atom is 0.258 e. The second-order valence-electron chi connectivity index (χ2n) is 6.86.